The van der Waals surface area contributed by atoms with Gasteiger partial charge in [0.15, 0.2) is 5.83 Å². The second kappa shape index (κ2) is 9.90. The molecule has 3 saturated heterocycles. The van der Waals surface area contributed by atoms with E-state index in [1.807, 2.05) is 11.8 Å². The third kappa shape index (κ3) is 4.64. The number of nitriles is 1. The van der Waals surface area contributed by atoms with E-state index < -0.39 is 23.9 Å². The standard InChI is InChI=1S/C25H32F2N6O3/c1-16-10-21-20(14-35-16)22(31-8-9-33(23(34)17(2)26)19(13-31)4-6-28)30-24(29-21)36-15-25-5-3-7-32(25)12-18(27)11-25/h16,18-19H,2-5,7-15H2,1H3/t16?,18-,19+,25+/m1/s1. The lowest BCUT2D eigenvalue weighted by molar-refractivity contribution is -0.131. The number of nitrogens with zero attached hydrogens (tertiary/aromatic N) is 6. The molecule has 0 bridgehead atoms. The van der Waals surface area contributed by atoms with Gasteiger partial charge in [-0.1, -0.05) is 6.58 Å². The van der Waals surface area contributed by atoms with E-state index >= 15 is 0 Å². The van der Waals surface area contributed by atoms with Crippen LogP contribution in [-0.4, -0.2) is 88.9 Å². The number of rotatable bonds is 6. The minimum atomic E-state index is -1.04. The summed E-state index contributed by atoms with van der Waals surface area (Å²) in [5.41, 5.74) is 1.39. The molecule has 3 fully saturated rings. The minimum Gasteiger partial charge on any atom is -0.461 e. The van der Waals surface area contributed by atoms with Crippen molar-refractivity contribution in [1.29, 1.82) is 5.26 Å². The molecular formula is C25H32F2N6O3. The van der Waals surface area contributed by atoms with Crippen LogP contribution in [0.25, 0.3) is 0 Å². The van der Waals surface area contributed by atoms with Crippen molar-refractivity contribution in [3.8, 4) is 12.1 Å². The molecule has 0 aromatic carbocycles. The molecular weight excluding hydrogens is 470 g/mol. The minimum absolute atomic E-state index is 0.00415. The van der Waals surface area contributed by atoms with Gasteiger partial charge in [0, 0.05) is 44.6 Å². The molecule has 4 atom stereocenters. The number of piperazine rings is 1. The Morgan fingerprint density at radius 2 is 2.17 bits per heavy atom. The highest BCUT2D eigenvalue weighted by molar-refractivity contribution is 5.91. The van der Waals surface area contributed by atoms with Gasteiger partial charge in [-0.05, 0) is 26.3 Å². The van der Waals surface area contributed by atoms with Gasteiger partial charge < -0.3 is 19.3 Å². The molecule has 194 valence electrons. The normalized spacial score (nSPS) is 30.0. The van der Waals surface area contributed by atoms with E-state index in [1.54, 1.807) is 0 Å². The van der Waals surface area contributed by atoms with Crippen LogP contribution >= 0.6 is 0 Å². The Labute approximate surface area is 209 Å². The lowest BCUT2D eigenvalue weighted by atomic mass is 9.95. The van der Waals surface area contributed by atoms with Crippen molar-refractivity contribution < 1.29 is 23.0 Å². The van der Waals surface area contributed by atoms with Gasteiger partial charge in [0.2, 0.25) is 0 Å². The number of amides is 1. The zero-order valence-corrected chi connectivity index (χ0v) is 20.6. The molecule has 0 spiro atoms. The average Bonchev–Trinajstić information content (AvgIpc) is 3.37. The van der Waals surface area contributed by atoms with Crippen molar-refractivity contribution in [2.75, 3.05) is 44.2 Å². The van der Waals surface area contributed by atoms with E-state index in [9.17, 15) is 18.8 Å². The molecule has 5 rings (SSSR count). The predicted octanol–water partition coefficient (Wildman–Crippen LogP) is 2.31. The summed E-state index contributed by atoms with van der Waals surface area (Å²) in [5.74, 6) is -1.18. The monoisotopic (exact) mass is 502 g/mol. The van der Waals surface area contributed by atoms with Crippen molar-refractivity contribution >= 4 is 11.7 Å². The van der Waals surface area contributed by atoms with Crippen LogP contribution in [0, 0.1) is 11.3 Å². The largest absolute Gasteiger partial charge is 0.461 e. The number of alkyl halides is 1. The molecule has 1 aromatic heterocycles. The summed E-state index contributed by atoms with van der Waals surface area (Å²) < 4.78 is 39.8. The Balaban J connectivity index is 1.41. The van der Waals surface area contributed by atoms with Gasteiger partial charge >= 0.3 is 6.01 Å². The summed E-state index contributed by atoms with van der Waals surface area (Å²) in [4.78, 5) is 27.3. The molecule has 1 aromatic rings. The van der Waals surface area contributed by atoms with Gasteiger partial charge in [0.05, 0.1) is 42.5 Å². The smallest absolute Gasteiger partial charge is 0.318 e. The number of carbonyl (C=O) groups excluding carboxylic acids is 1. The number of fused-ring (bicyclic) bond motifs is 2. The molecule has 4 aliphatic heterocycles. The predicted molar refractivity (Wildman–Crippen MR) is 127 cm³/mol. The topological polar surface area (TPSA) is 94.8 Å². The number of ether oxygens (including phenoxy) is 2. The van der Waals surface area contributed by atoms with Crippen molar-refractivity contribution in [2.24, 2.45) is 0 Å². The van der Waals surface area contributed by atoms with E-state index in [0.29, 0.717) is 51.5 Å². The molecule has 36 heavy (non-hydrogen) atoms. The molecule has 9 nitrogen and oxygen atoms in total. The Morgan fingerprint density at radius 1 is 1.33 bits per heavy atom. The number of carbonyl (C=O) groups is 1. The lowest BCUT2D eigenvalue weighted by Crippen LogP contribution is -2.55. The van der Waals surface area contributed by atoms with Crippen molar-refractivity contribution in [3.63, 3.8) is 0 Å². The van der Waals surface area contributed by atoms with E-state index in [-0.39, 0.29) is 30.6 Å². The number of aromatic nitrogens is 2. The Morgan fingerprint density at radius 3 is 2.94 bits per heavy atom. The summed E-state index contributed by atoms with van der Waals surface area (Å²) in [6.07, 6.45) is 2.19. The van der Waals surface area contributed by atoms with Gasteiger partial charge in [-0.15, -0.1) is 0 Å². The summed E-state index contributed by atoms with van der Waals surface area (Å²) in [7, 11) is 0. The fraction of sp³-hybridized carbons (Fsp3) is 0.680. The van der Waals surface area contributed by atoms with Crippen LogP contribution in [-0.2, 0) is 22.6 Å². The first-order chi connectivity index (χ1) is 17.3. The van der Waals surface area contributed by atoms with E-state index in [2.05, 4.69) is 17.5 Å². The molecule has 0 saturated carbocycles. The highest BCUT2D eigenvalue weighted by Crippen LogP contribution is 2.40. The summed E-state index contributed by atoms with van der Waals surface area (Å²) in [6, 6.07) is 1.84. The number of hydrogen-bond donors (Lipinski definition) is 0. The van der Waals surface area contributed by atoms with Gasteiger partial charge in [-0.25, -0.2) is 8.78 Å². The quantitative estimate of drug-likeness (QED) is 0.547. The summed E-state index contributed by atoms with van der Waals surface area (Å²) in [5, 5.41) is 9.33. The van der Waals surface area contributed by atoms with Crippen molar-refractivity contribution in [1.82, 2.24) is 19.8 Å². The second-order valence-electron chi connectivity index (χ2n) is 10.3. The molecule has 0 N–H and O–H groups in total. The van der Waals surface area contributed by atoms with Gasteiger partial charge in [0.1, 0.15) is 18.6 Å². The zero-order chi connectivity index (χ0) is 25.4. The maximum absolute atomic E-state index is 14.2. The van der Waals surface area contributed by atoms with Crippen LogP contribution in [0.3, 0.4) is 0 Å². The first-order valence-electron chi connectivity index (χ1n) is 12.6. The molecule has 4 aliphatic rings. The third-order valence-corrected chi connectivity index (χ3v) is 7.88. The highest BCUT2D eigenvalue weighted by atomic mass is 19.1. The number of halogens is 2. The molecule has 1 amide bonds. The fourth-order valence-corrected chi connectivity index (χ4v) is 6.09. The fourth-order valence-electron chi connectivity index (χ4n) is 6.09. The van der Waals surface area contributed by atoms with Crippen LogP contribution in [0.1, 0.15) is 43.9 Å². The molecule has 1 unspecified atom stereocenters. The van der Waals surface area contributed by atoms with E-state index in [1.165, 1.54) is 4.90 Å². The Hall–Kier alpha value is -2.84. The number of hydrogen-bond acceptors (Lipinski definition) is 8. The Bertz CT molecular complexity index is 1080. The zero-order valence-electron chi connectivity index (χ0n) is 20.6. The molecule has 5 heterocycles. The molecule has 0 radical (unpaired) electrons. The average molecular weight is 503 g/mol. The second-order valence-corrected chi connectivity index (χ2v) is 10.3. The van der Waals surface area contributed by atoms with Crippen LogP contribution in [0.15, 0.2) is 12.4 Å². The maximum atomic E-state index is 14.2. The summed E-state index contributed by atoms with van der Waals surface area (Å²) in [6.45, 7) is 8.05. The first kappa shape index (κ1) is 24.8. The lowest BCUT2D eigenvalue weighted by Gasteiger charge is -2.42. The number of anilines is 1. The van der Waals surface area contributed by atoms with Crippen LogP contribution in [0.5, 0.6) is 6.01 Å². The SMILES string of the molecule is C=C(F)C(=O)N1CCN(c2nc(OC[C@@]34CCCN3C[C@H](F)C4)nc3c2COC(C)C3)C[C@@H]1CC#N. The molecule has 11 heteroatoms. The van der Waals surface area contributed by atoms with E-state index in [4.69, 9.17) is 19.4 Å². The first-order valence-corrected chi connectivity index (χ1v) is 12.6. The van der Waals surface area contributed by atoms with Crippen molar-refractivity contribution in [2.45, 2.75) is 69.5 Å². The van der Waals surface area contributed by atoms with Gasteiger partial charge in [0.25, 0.3) is 5.91 Å². The van der Waals surface area contributed by atoms with E-state index in [0.717, 1.165) is 30.6 Å². The van der Waals surface area contributed by atoms with Crippen LogP contribution in [0.4, 0.5) is 14.6 Å². The molecule has 0 aliphatic carbocycles. The Kier molecular flexibility index (Phi) is 6.83. The van der Waals surface area contributed by atoms with Gasteiger partial charge in [-0.3, -0.25) is 9.69 Å². The maximum Gasteiger partial charge on any atom is 0.318 e. The van der Waals surface area contributed by atoms with Crippen molar-refractivity contribution in [3.05, 3.63) is 23.7 Å². The highest BCUT2D eigenvalue weighted by Gasteiger charge is 2.49. The van der Waals surface area contributed by atoms with Gasteiger partial charge in [-0.2, -0.15) is 15.2 Å². The van der Waals surface area contributed by atoms with Crippen LogP contribution in [0.2, 0.25) is 0 Å². The third-order valence-electron chi connectivity index (χ3n) is 7.88. The van der Waals surface area contributed by atoms with Crippen LogP contribution < -0.4 is 9.64 Å². The summed E-state index contributed by atoms with van der Waals surface area (Å²) >= 11 is 0.